The Morgan fingerprint density at radius 3 is 2.33 bits per heavy atom. The third-order valence-electron chi connectivity index (χ3n) is 7.17. The van der Waals surface area contributed by atoms with Crippen LogP contribution in [0, 0.1) is 0 Å². The van der Waals surface area contributed by atoms with Crippen LogP contribution >= 0.6 is 36.4 Å². The maximum atomic E-state index is 13.8. The quantitative estimate of drug-likeness (QED) is 0.252. The van der Waals surface area contributed by atoms with Gasteiger partial charge in [-0.1, -0.05) is 49.7 Å². The van der Waals surface area contributed by atoms with Crippen molar-refractivity contribution in [2.24, 2.45) is 0 Å². The van der Waals surface area contributed by atoms with Gasteiger partial charge in [0.05, 0.1) is 18.7 Å². The third kappa shape index (κ3) is 6.84. The number of anilines is 1. The van der Waals surface area contributed by atoms with Crippen molar-refractivity contribution < 1.29 is 9.53 Å². The minimum atomic E-state index is -0.256. The number of ether oxygens (including phenoxy) is 1. The van der Waals surface area contributed by atoms with Crippen molar-refractivity contribution in [3.8, 4) is 16.9 Å². The van der Waals surface area contributed by atoms with Crippen LogP contribution in [-0.2, 0) is 4.79 Å². The molecule has 1 fully saturated rings. The van der Waals surface area contributed by atoms with Crippen LogP contribution in [0.1, 0.15) is 25.3 Å². The topological polar surface area (TPSA) is 73.5 Å². The van der Waals surface area contributed by atoms with Crippen LogP contribution in [0.15, 0.2) is 67.0 Å². The van der Waals surface area contributed by atoms with E-state index in [2.05, 4.69) is 52.2 Å². The van der Waals surface area contributed by atoms with E-state index >= 15 is 0 Å². The minimum Gasteiger partial charge on any atom is -0.497 e. The van der Waals surface area contributed by atoms with E-state index in [0.717, 1.165) is 52.3 Å². The van der Waals surface area contributed by atoms with Crippen molar-refractivity contribution in [2.75, 3.05) is 44.7 Å². The number of aromatic nitrogens is 2. The number of pyridine rings is 1. The van der Waals surface area contributed by atoms with E-state index in [-0.39, 0.29) is 36.6 Å². The van der Waals surface area contributed by atoms with E-state index in [0.29, 0.717) is 30.7 Å². The summed E-state index contributed by atoms with van der Waals surface area (Å²) in [6.45, 7) is 7.57. The number of piperazine rings is 1. The maximum absolute atomic E-state index is 13.8. The van der Waals surface area contributed by atoms with E-state index in [1.54, 1.807) is 7.11 Å². The normalized spacial score (nSPS) is 14.0. The second kappa shape index (κ2) is 14.1. The fraction of sp³-hybridized carbons (Fsp3) is 0.333. The van der Waals surface area contributed by atoms with E-state index in [4.69, 9.17) is 16.3 Å². The molecule has 10 heteroatoms. The highest BCUT2D eigenvalue weighted by Gasteiger charge is 2.30. The average Bonchev–Trinajstić information content (AvgIpc) is 3.42. The number of hydrogen-bond acceptors (Lipinski definition) is 5. The molecule has 1 unspecified atom stereocenters. The van der Waals surface area contributed by atoms with Gasteiger partial charge < -0.3 is 24.8 Å². The van der Waals surface area contributed by atoms with Crippen LogP contribution in [0.25, 0.3) is 22.2 Å². The van der Waals surface area contributed by atoms with E-state index < -0.39 is 0 Å². The molecule has 40 heavy (non-hydrogen) atoms. The number of carbonyl (C=O) groups is 1. The van der Waals surface area contributed by atoms with Crippen molar-refractivity contribution in [1.82, 2.24) is 20.2 Å². The van der Waals surface area contributed by atoms with Gasteiger partial charge in [0.2, 0.25) is 5.91 Å². The molecule has 0 saturated carbocycles. The number of nitrogens with zero attached hydrogens (tertiary/aromatic N) is 3. The Hall–Kier alpha value is -2.97. The van der Waals surface area contributed by atoms with Gasteiger partial charge in [0.25, 0.3) is 0 Å². The zero-order chi connectivity index (χ0) is 26.6. The second-order valence-corrected chi connectivity index (χ2v) is 10.4. The van der Waals surface area contributed by atoms with Crippen molar-refractivity contribution >= 4 is 59.0 Å². The fourth-order valence-electron chi connectivity index (χ4n) is 5.08. The highest BCUT2D eigenvalue weighted by molar-refractivity contribution is 6.30. The lowest BCUT2D eigenvalue weighted by Crippen LogP contribution is -2.51. The molecule has 3 heterocycles. The summed E-state index contributed by atoms with van der Waals surface area (Å²) in [4.78, 5) is 26.1. The second-order valence-electron chi connectivity index (χ2n) is 9.97. The van der Waals surface area contributed by atoms with Gasteiger partial charge in [-0.05, 0) is 41.5 Å². The maximum Gasteiger partial charge on any atom is 0.231 e. The number of nitrogens with one attached hydrogen (secondary N) is 2. The molecule has 1 aliphatic rings. The summed E-state index contributed by atoms with van der Waals surface area (Å²) in [5.74, 6) is 0.714. The number of fused-ring (bicyclic) bond motifs is 1. The van der Waals surface area contributed by atoms with Gasteiger partial charge in [-0.25, -0.2) is 4.98 Å². The fourth-order valence-corrected chi connectivity index (χ4v) is 5.21. The van der Waals surface area contributed by atoms with E-state index in [9.17, 15) is 4.79 Å². The lowest BCUT2D eigenvalue weighted by Gasteiger charge is -2.38. The van der Waals surface area contributed by atoms with Crippen LogP contribution < -0.4 is 15.0 Å². The number of benzene rings is 2. The van der Waals surface area contributed by atoms with Crippen molar-refractivity contribution in [2.45, 2.75) is 25.8 Å². The SMILES string of the molecule is COc1ccc(-c2cnc3[nH]ccc3c2N2CCN(C(=O)C(CNC(C)C)c3ccc(Cl)cc3)CC2)cc1.Cl.Cl. The van der Waals surface area contributed by atoms with Gasteiger partial charge >= 0.3 is 0 Å². The number of amides is 1. The van der Waals surface area contributed by atoms with Gasteiger partial charge in [-0.3, -0.25) is 4.79 Å². The van der Waals surface area contributed by atoms with Crippen molar-refractivity contribution in [1.29, 1.82) is 0 Å². The molecular weight excluding hydrogens is 569 g/mol. The minimum absolute atomic E-state index is 0. The molecule has 214 valence electrons. The highest BCUT2D eigenvalue weighted by atomic mass is 35.5. The zero-order valence-corrected chi connectivity index (χ0v) is 25.3. The largest absolute Gasteiger partial charge is 0.497 e. The number of H-pyrrole nitrogens is 1. The Balaban J connectivity index is 0.00000220. The summed E-state index contributed by atoms with van der Waals surface area (Å²) in [5.41, 5.74) is 5.14. The predicted molar refractivity (Wildman–Crippen MR) is 169 cm³/mol. The first-order valence-corrected chi connectivity index (χ1v) is 13.5. The summed E-state index contributed by atoms with van der Waals surface area (Å²) in [6, 6.07) is 18.1. The molecule has 0 radical (unpaired) electrons. The summed E-state index contributed by atoms with van der Waals surface area (Å²) in [5, 5.41) is 5.21. The molecule has 1 aliphatic heterocycles. The standard InChI is InChI=1S/C30H34ClN5O2.2ClH/c1-20(2)33-19-27(22-4-8-23(31)9-5-22)30(37)36-16-14-35(15-17-36)28-25-12-13-32-29(25)34-18-26(28)21-6-10-24(38-3)11-7-21;;/h4-13,18,20,27,33H,14-17,19H2,1-3H3,(H,32,34);2*1H. The number of hydrogen-bond donors (Lipinski definition) is 2. The monoisotopic (exact) mass is 603 g/mol. The van der Waals surface area contributed by atoms with Gasteiger partial charge in [0.15, 0.2) is 0 Å². The Labute approximate surface area is 253 Å². The van der Waals surface area contributed by atoms with Crippen molar-refractivity contribution in [3.63, 3.8) is 0 Å². The van der Waals surface area contributed by atoms with Gasteiger partial charge in [0.1, 0.15) is 11.4 Å². The molecule has 0 aliphatic carbocycles. The number of halogens is 3. The summed E-state index contributed by atoms with van der Waals surface area (Å²) in [7, 11) is 1.67. The molecule has 2 aromatic heterocycles. The number of rotatable bonds is 8. The molecule has 1 amide bonds. The Morgan fingerprint density at radius 1 is 1.02 bits per heavy atom. The van der Waals surface area contributed by atoms with Crippen LogP contribution in [-0.4, -0.2) is 66.7 Å². The molecule has 1 atom stereocenters. The van der Waals surface area contributed by atoms with Crippen LogP contribution in [0.4, 0.5) is 5.69 Å². The first-order valence-electron chi connectivity index (χ1n) is 13.1. The Kier molecular flexibility index (Phi) is 11.1. The van der Waals surface area contributed by atoms with Gasteiger partial charge in [-0.15, -0.1) is 24.8 Å². The first kappa shape index (κ1) is 31.6. The van der Waals surface area contributed by atoms with Gasteiger partial charge in [-0.2, -0.15) is 0 Å². The highest BCUT2D eigenvalue weighted by Crippen LogP contribution is 2.37. The van der Waals surface area contributed by atoms with Crippen LogP contribution in [0.3, 0.4) is 0 Å². The summed E-state index contributed by atoms with van der Waals surface area (Å²) in [6.07, 6.45) is 3.86. The zero-order valence-electron chi connectivity index (χ0n) is 22.9. The number of carbonyl (C=O) groups excluding carboxylic acids is 1. The summed E-state index contributed by atoms with van der Waals surface area (Å²) < 4.78 is 5.35. The molecule has 2 aromatic carbocycles. The molecule has 0 spiro atoms. The molecule has 7 nitrogen and oxygen atoms in total. The van der Waals surface area contributed by atoms with Crippen LogP contribution in [0.2, 0.25) is 5.02 Å². The molecule has 2 N–H and O–H groups in total. The van der Waals surface area contributed by atoms with Gasteiger partial charge in [0, 0.05) is 67.1 Å². The molecule has 5 rings (SSSR count). The first-order chi connectivity index (χ1) is 18.4. The van der Waals surface area contributed by atoms with Crippen LogP contribution in [0.5, 0.6) is 5.75 Å². The molecule has 1 saturated heterocycles. The lowest BCUT2D eigenvalue weighted by molar-refractivity contribution is -0.133. The smallest absolute Gasteiger partial charge is 0.231 e. The predicted octanol–water partition coefficient (Wildman–Crippen LogP) is 6.17. The number of aromatic amines is 1. The van der Waals surface area contributed by atoms with Crippen molar-refractivity contribution in [3.05, 3.63) is 77.6 Å². The van der Waals surface area contributed by atoms with E-state index in [1.807, 2.05) is 53.7 Å². The average molecular weight is 605 g/mol. The lowest BCUT2D eigenvalue weighted by atomic mass is 9.96. The Morgan fingerprint density at radius 2 is 1.70 bits per heavy atom. The third-order valence-corrected chi connectivity index (χ3v) is 7.42. The summed E-state index contributed by atoms with van der Waals surface area (Å²) >= 11 is 6.12. The molecule has 0 bridgehead atoms. The number of methoxy groups -OCH3 is 1. The molecule has 4 aromatic rings. The Bertz CT molecular complexity index is 1390. The molecular formula is C30H36Cl3N5O2. The van der Waals surface area contributed by atoms with E-state index in [1.165, 1.54) is 0 Å².